The zero-order valence-corrected chi connectivity index (χ0v) is 67.6. The molecule has 4 aromatic heterocycles. The number of esters is 2. The van der Waals surface area contributed by atoms with Crippen molar-refractivity contribution in [3.63, 3.8) is 0 Å². The molecule has 0 amide bonds. The first-order valence-corrected chi connectivity index (χ1v) is 42.5. The number of hydrogen-bond donors (Lipinski definition) is 6. The number of nitrogens with zero attached hydrogens (tertiary/aromatic N) is 4. The molecule has 6 N–H and O–H groups in total. The Morgan fingerprint density at radius 2 is 0.902 bits per heavy atom. The van der Waals surface area contributed by atoms with Crippen molar-refractivity contribution in [1.29, 1.82) is 0 Å². The standard InChI is InChI=1S/C28H32N2O2.C24H30N2O2.C21H26N2O2.C19H24N2O.C3H6O.Li/c1-3-21-14-20-15-28(27(31)32-17-19-7-5-4-6-8-19)25-22(11-12-30(16-20)26(21)28)23-13-18(2)9-10-24(23)29-25;1-4-10-28-23(27)24-13-16-12-17(5-2)22(24)26(14-16)9-8-18-19-11-15(3)6-7-20(19)25-21(18)24;1-3-14-9-13-10-21(20(24)25)18-15(6-7-23(11-13)19(14)21)16-8-12(2)4-5-17(16)22-18;1-2-12-7-11-8-16-18-14(5-6-21(10-11)19(12)16)15-9-13(22)3-4-17(15)20-18;1-2-3-4;/h4-10,13,20-21,26,29H,3,11-12,14-17H2,1-2H3;4,6-7,11,16-17,22,25H,1,5,8-10,12-14H2,2-3H3;4-5,8,13-14,19,22H,3,6-7,9-11H2,1-2H3,(H,24,25);3-4,9,11-12,16,19-20,22H,2,5-8,10H2,1H3;2,4H,1,3H2;/q;;;;;+1/p-1/t20?,21-,26?,28-;16?,17-,22?,24-;13?,14-,19?,21-;11?,12-,16-,19?;;/m0000../s1. The van der Waals surface area contributed by atoms with Crippen molar-refractivity contribution in [2.45, 2.75) is 204 Å². The third-order valence-electron chi connectivity index (χ3n) is 29.6. The second kappa shape index (κ2) is 31.5. The molecule has 12 fully saturated rings. The van der Waals surface area contributed by atoms with E-state index in [4.69, 9.17) is 14.6 Å². The van der Waals surface area contributed by atoms with Gasteiger partial charge in [-0.15, -0.1) is 6.58 Å². The molecule has 20 atom stereocenters. The zero-order valence-electron chi connectivity index (χ0n) is 67.6. The summed E-state index contributed by atoms with van der Waals surface area (Å²) >= 11 is 0. The van der Waals surface area contributed by atoms with E-state index in [1.165, 1.54) is 129 Å². The van der Waals surface area contributed by atoms with Gasteiger partial charge in [-0.3, -0.25) is 29.2 Å². The van der Waals surface area contributed by atoms with Gasteiger partial charge in [-0.1, -0.05) is 137 Å². The predicted molar refractivity (Wildman–Crippen MR) is 439 cm³/mol. The number of aliphatic hydroxyl groups excluding tert-OH is 1. The molecule has 16 aliphatic rings. The van der Waals surface area contributed by atoms with Gasteiger partial charge in [0.15, 0.2) is 0 Å². The summed E-state index contributed by atoms with van der Waals surface area (Å²) < 4.78 is 11.9. The molecule has 16 nitrogen and oxygen atoms in total. The maximum absolute atomic E-state index is 14.1. The Kier molecular flexibility index (Phi) is 22.0. The normalized spacial score (nSPS) is 32.6. The summed E-state index contributed by atoms with van der Waals surface area (Å²) in [5, 5.41) is 35.3. The summed E-state index contributed by atoms with van der Waals surface area (Å²) in [6.45, 7) is 32.0. The minimum absolute atomic E-state index is 0. The van der Waals surface area contributed by atoms with Gasteiger partial charge in [0.05, 0.1) is 18.0 Å². The van der Waals surface area contributed by atoms with Crippen LogP contribution in [0, 0.1) is 68.1 Å². The van der Waals surface area contributed by atoms with Crippen LogP contribution >= 0.6 is 0 Å². The van der Waals surface area contributed by atoms with E-state index in [2.05, 4.69) is 156 Å². The van der Waals surface area contributed by atoms with Crippen LogP contribution < -0.4 is 24.0 Å². The summed E-state index contributed by atoms with van der Waals surface area (Å²) in [7, 11) is 0. The number of fused-ring (bicyclic) bond motifs is 16. The number of piperidine rings is 8. The number of ether oxygens (including phenoxy) is 2. The van der Waals surface area contributed by atoms with Crippen LogP contribution in [0.15, 0.2) is 128 Å². The number of aliphatic carboxylic acids is 1. The molecule has 12 aliphatic heterocycles. The minimum atomic E-state index is -0.878. The van der Waals surface area contributed by atoms with Crippen molar-refractivity contribution in [2.24, 2.45) is 47.3 Å². The number of rotatable bonds is 12. The summed E-state index contributed by atoms with van der Waals surface area (Å²) in [4.78, 5) is 65.7. The summed E-state index contributed by atoms with van der Waals surface area (Å²) in [6.07, 6.45) is 20.7. The third-order valence-corrected chi connectivity index (χ3v) is 29.6. The van der Waals surface area contributed by atoms with Gasteiger partial charge in [0.2, 0.25) is 0 Å². The van der Waals surface area contributed by atoms with Gasteiger partial charge >= 0.3 is 30.8 Å². The smallest absolute Gasteiger partial charge is 0.549 e. The van der Waals surface area contributed by atoms with Crippen LogP contribution in [0.2, 0.25) is 0 Å². The van der Waals surface area contributed by atoms with E-state index in [1.54, 1.807) is 12.1 Å². The number of H-pyrrole nitrogens is 4. The Hall–Kier alpha value is -7.65. The molecular formula is C95H117LiN8O8. The maximum Gasteiger partial charge on any atom is 1.00 e. The number of phenolic OH excluding ortho intramolecular Hbond substituents is 1. The SMILES string of the molecule is C=CCO.C=CCOC(=O)[C@]12CC3C[C@H](CC)C1N(CCc1c2[nH]c2ccc(C)cc12)C3.CC[C@H]1CC2CN3CCc4c([nH]c5ccc(C)cc45)[C@@](C(=O)OCc4ccccc4)(C2)C13.CC[C@H]1CC2CN3CCc4c([nH]c5ccc(C)cc45)[C@@](C(=O)[O-])(C2)C13.CC[C@H]1CC2C[C@H]3c4[nH]c5ccc(O)cc5c4CCN(C2)C13.[Li+]. The molecule has 25 rings (SSSR count). The van der Waals surface area contributed by atoms with E-state index in [-0.39, 0.29) is 62.1 Å². The molecule has 0 radical (unpaired) electrons. The summed E-state index contributed by atoms with van der Waals surface area (Å²) in [5.41, 5.74) is 17.4. The van der Waals surface area contributed by atoms with Crippen molar-refractivity contribution >= 4 is 61.5 Å². The van der Waals surface area contributed by atoms with Crippen molar-refractivity contribution in [3.8, 4) is 5.75 Å². The number of aryl methyl sites for hydroxylation is 3. The molecule has 17 heteroatoms. The topological polar surface area (TPSA) is 209 Å². The molecule has 586 valence electrons. The van der Waals surface area contributed by atoms with Crippen LogP contribution in [-0.4, -0.2) is 157 Å². The van der Waals surface area contributed by atoms with Crippen LogP contribution in [0.3, 0.4) is 0 Å². The van der Waals surface area contributed by atoms with Crippen molar-refractivity contribution < 1.29 is 58.0 Å². The third kappa shape index (κ3) is 13.1. The fraction of sp³-hybridized carbons (Fsp3) is 0.526. The summed E-state index contributed by atoms with van der Waals surface area (Å²) in [6, 6.07) is 36.7. The second-order valence-corrected chi connectivity index (χ2v) is 35.8. The largest absolute Gasteiger partial charge is 1.00 e. The van der Waals surface area contributed by atoms with Crippen LogP contribution in [-0.2, 0) is 72.4 Å². The fourth-order valence-electron chi connectivity index (χ4n) is 25.5. The van der Waals surface area contributed by atoms with Gasteiger partial charge in [-0.05, 0) is 228 Å². The van der Waals surface area contributed by atoms with Crippen molar-refractivity contribution in [2.75, 3.05) is 65.6 Å². The first-order chi connectivity index (χ1) is 53.9. The molecule has 112 heavy (non-hydrogen) atoms. The molecule has 4 aliphatic carbocycles. The van der Waals surface area contributed by atoms with E-state index in [1.807, 2.05) is 42.5 Å². The molecule has 8 saturated heterocycles. The van der Waals surface area contributed by atoms with Gasteiger partial charge in [0.1, 0.15) is 29.8 Å². The number of carboxylic acids is 1. The zero-order chi connectivity index (χ0) is 76.9. The first-order valence-electron chi connectivity index (χ1n) is 42.5. The number of carbonyl (C=O) groups is 3. The van der Waals surface area contributed by atoms with Gasteiger partial charge in [-0.25, -0.2) is 0 Å². The number of carboxylic acid groups (broad SMARTS) is 1. The number of aromatic hydroxyl groups is 1. The quantitative estimate of drug-likeness (QED) is 0.0384. The number of nitrogens with one attached hydrogen (secondary N) is 4. The van der Waals surface area contributed by atoms with Crippen molar-refractivity contribution in [3.05, 3.63) is 196 Å². The molecule has 12 unspecified atom stereocenters. The molecule has 0 spiro atoms. The van der Waals surface area contributed by atoms with E-state index < -0.39 is 22.2 Å². The van der Waals surface area contributed by atoms with Crippen LogP contribution in [0.1, 0.15) is 178 Å². The Morgan fingerprint density at radius 1 is 0.500 bits per heavy atom. The van der Waals surface area contributed by atoms with Crippen LogP contribution in [0.25, 0.3) is 43.6 Å². The van der Waals surface area contributed by atoms with Crippen LogP contribution in [0.4, 0.5) is 0 Å². The summed E-state index contributed by atoms with van der Waals surface area (Å²) in [5.74, 6) is 4.93. The molecule has 16 bridgehead atoms. The maximum atomic E-state index is 14.1. The van der Waals surface area contributed by atoms with E-state index in [0.29, 0.717) is 53.8 Å². The van der Waals surface area contributed by atoms with Gasteiger partial charge < -0.3 is 49.5 Å². The van der Waals surface area contributed by atoms with Crippen LogP contribution in [0.5, 0.6) is 5.75 Å². The monoisotopic (exact) mass is 1500 g/mol. The van der Waals surface area contributed by atoms with Crippen molar-refractivity contribution in [1.82, 2.24) is 39.5 Å². The molecule has 16 heterocycles. The molecule has 4 saturated carbocycles. The number of carbonyl (C=O) groups excluding carboxylic acids is 3. The number of phenols is 1. The number of aromatic amines is 4. The Morgan fingerprint density at radius 3 is 1.37 bits per heavy atom. The van der Waals surface area contributed by atoms with E-state index >= 15 is 0 Å². The molecule has 5 aromatic carbocycles. The van der Waals surface area contributed by atoms with Gasteiger partial charge in [0, 0.05) is 149 Å². The minimum Gasteiger partial charge on any atom is -0.549 e. The molecular weight excluding hydrogens is 1390 g/mol. The van der Waals surface area contributed by atoms with E-state index in [0.717, 1.165) is 161 Å². The fourth-order valence-corrected chi connectivity index (χ4v) is 25.5. The molecule has 9 aromatic rings. The Balaban J connectivity index is 0.000000112. The van der Waals surface area contributed by atoms with Gasteiger partial charge in [-0.2, -0.15) is 0 Å². The predicted octanol–water partition coefficient (Wildman–Crippen LogP) is 12.2. The number of hydrogen-bond acceptors (Lipinski definition) is 12. The number of benzene rings is 5. The first kappa shape index (κ1) is 78.2. The Labute approximate surface area is 673 Å². The average molecular weight is 1510 g/mol. The Bertz CT molecular complexity index is 5020. The van der Waals surface area contributed by atoms with Gasteiger partial charge in [0.25, 0.3) is 0 Å². The second-order valence-electron chi connectivity index (χ2n) is 35.8. The number of aromatic nitrogens is 4. The average Bonchev–Trinajstić information content (AvgIpc) is 1.50. The number of aliphatic hydroxyl groups is 1. The van der Waals surface area contributed by atoms with E-state index in [9.17, 15) is 24.6 Å².